The number of nitrogens with zero attached hydrogens (tertiary/aromatic N) is 2. The molecule has 1 heterocycles. The van der Waals surface area contributed by atoms with Gasteiger partial charge in [-0.05, 0) is 25.8 Å². The minimum Gasteiger partial charge on any atom is -0.352 e. The van der Waals surface area contributed by atoms with Gasteiger partial charge in [0, 0.05) is 6.04 Å². The van der Waals surface area contributed by atoms with Gasteiger partial charge in [0.05, 0.1) is 5.69 Å². The number of hydrogen-bond donors (Lipinski definition) is 1. The predicted octanol–water partition coefficient (Wildman–Crippen LogP) is 2.58. The second-order valence-electron chi connectivity index (χ2n) is 5.07. The molecule has 1 aliphatic rings. The largest absolute Gasteiger partial charge is 0.352 e. The van der Waals surface area contributed by atoms with Gasteiger partial charge >= 0.3 is 0 Å². The number of aromatic nitrogens is 2. The van der Waals surface area contributed by atoms with Crippen LogP contribution in [0.2, 0.25) is 0 Å². The standard InChI is InChI=1S/C13H19F2N3O/c1-9-7-11(13(14)15)18(17-9)8-12(19)16-10-5-3-2-4-6-10/h7,10,13H,2-6,8H2,1H3,(H,16,19). The van der Waals surface area contributed by atoms with Crippen LogP contribution in [0.1, 0.15) is 49.9 Å². The number of carbonyl (C=O) groups excluding carboxylic acids is 1. The molecular weight excluding hydrogens is 252 g/mol. The van der Waals surface area contributed by atoms with Crippen LogP contribution < -0.4 is 5.32 Å². The summed E-state index contributed by atoms with van der Waals surface area (Å²) < 4.78 is 26.6. The van der Waals surface area contributed by atoms with Crippen LogP contribution in [0.5, 0.6) is 0 Å². The van der Waals surface area contributed by atoms with Crippen LogP contribution >= 0.6 is 0 Å². The number of alkyl halides is 2. The summed E-state index contributed by atoms with van der Waals surface area (Å²) in [5.41, 5.74) is 0.303. The molecule has 0 atom stereocenters. The molecule has 1 fully saturated rings. The summed E-state index contributed by atoms with van der Waals surface area (Å²) in [6.07, 6.45) is 2.79. The number of aryl methyl sites for hydroxylation is 1. The molecular formula is C13H19F2N3O. The third kappa shape index (κ3) is 3.75. The number of hydrogen-bond acceptors (Lipinski definition) is 2. The van der Waals surface area contributed by atoms with Crippen molar-refractivity contribution in [3.8, 4) is 0 Å². The Labute approximate surface area is 111 Å². The maximum atomic E-state index is 12.8. The predicted molar refractivity (Wildman–Crippen MR) is 66.9 cm³/mol. The molecule has 1 aromatic heterocycles. The fraction of sp³-hybridized carbons (Fsp3) is 0.692. The molecule has 0 aromatic carbocycles. The van der Waals surface area contributed by atoms with Crippen molar-refractivity contribution in [3.63, 3.8) is 0 Å². The van der Waals surface area contributed by atoms with Gasteiger partial charge in [0.2, 0.25) is 5.91 Å². The average molecular weight is 271 g/mol. The van der Waals surface area contributed by atoms with Crippen molar-refractivity contribution in [2.24, 2.45) is 0 Å². The lowest BCUT2D eigenvalue weighted by molar-refractivity contribution is -0.122. The van der Waals surface area contributed by atoms with E-state index in [4.69, 9.17) is 0 Å². The molecule has 6 heteroatoms. The summed E-state index contributed by atoms with van der Waals surface area (Å²) in [5, 5.41) is 6.84. The highest BCUT2D eigenvalue weighted by atomic mass is 19.3. The Hall–Kier alpha value is -1.46. The summed E-state index contributed by atoms with van der Waals surface area (Å²) in [5.74, 6) is -0.239. The van der Waals surface area contributed by atoms with Gasteiger partial charge in [-0.3, -0.25) is 9.48 Å². The Morgan fingerprint density at radius 3 is 2.79 bits per heavy atom. The summed E-state index contributed by atoms with van der Waals surface area (Å²) in [7, 11) is 0. The van der Waals surface area contributed by atoms with E-state index in [2.05, 4.69) is 10.4 Å². The highest BCUT2D eigenvalue weighted by Crippen LogP contribution is 2.20. The minimum atomic E-state index is -2.61. The van der Waals surface area contributed by atoms with Gasteiger partial charge < -0.3 is 5.32 Å². The summed E-state index contributed by atoms with van der Waals surface area (Å²) in [6.45, 7) is 1.51. The molecule has 0 bridgehead atoms. The van der Waals surface area contributed by atoms with Crippen LogP contribution in [-0.2, 0) is 11.3 Å². The Bertz CT molecular complexity index is 439. The van der Waals surface area contributed by atoms with Gasteiger partial charge in [0.1, 0.15) is 12.2 Å². The smallest absolute Gasteiger partial charge is 0.280 e. The first-order chi connectivity index (χ1) is 9.06. The van der Waals surface area contributed by atoms with Crippen molar-refractivity contribution < 1.29 is 13.6 Å². The Balaban J connectivity index is 1.94. The molecule has 1 saturated carbocycles. The Morgan fingerprint density at radius 1 is 1.47 bits per heavy atom. The van der Waals surface area contributed by atoms with E-state index in [9.17, 15) is 13.6 Å². The van der Waals surface area contributed by atoms with Crippen LogP contribution in [-0.4, -0.2) is 21.7 Å². The normalized spacial score (nSPS) is 16.8. The molecule has 0 saturated heterocycles. The lowest BCUT2D eigenvalue weighted by Gasteiger charge is -2.22. The number of nitrogens with one attached hydrogen (secondary N) is 1. The van der Waals surface area contributed by atoms with Crippen molar-refractivity contribution in [1.29, 1.82) is 0 Å². The van der Waals surface area contributed by atoms with Gasteiger partial charge in [-0.2, -0.15) is 5.10 Å². The van der Waals surface area contributed by atoms with Gasteiger partial charge in [0.15, 0.2) is 0 Å². The highest BCUT2D eigenvalue weighted by molar-refractivity contribution is 5.76. The van der Waals surface area contributed by atoms with E-state index in [1.165, 1.54) is 12.5 Å². The van der Waals surface area contributed by atoms with Crippen LogP contribution in [0.3, 0.4) is 0 Å². The molecule has 106 valence electrons. The molecule has 1 aromatic rings. The molecule has 1 amide bonds. The van der Waals surface area contributed by atoms with Gasteiger partial charge in [-0.25, -0.2) is 8.78 Å². The molecule has 1 N–H and O–H groups in total. The quantitative estimate of drug-likeness (QED) is 0.915. The molecule has 0 radical (unpaired) electrons. The highest BCUT2D eigenvalue weighted by Gasteiger charge is 2.19. The van der Waals surface area contributed by atoms with E-state index in [1.54, 1.807) is 6.92 Å². The molecule has 19 heavy (non-hydrogen) atoms. The molecule has 1 aliphatic carbocycles. The first-order valence-electron chi connectivity index (χ1n) is 6.68. The SMILES string of the molecule is Cc1cc(C(F)F)n(CC(=O)NC2CCCCC2)n1. The van der Waals surface area contributed by atoms with Crippen LogP contribution in [0.15, 0.2) is 6.07 Å². The van der Waals surface area contributed by atoms with Crippen molar-refractivity contribution in [2.75, 3.05) is 0 Å². The third-order valence-corrected chi connectivity index (χ3v) is 3.42. The lowest BCUT2D eigenvalue weighted by atomic mass is 9.95. The lowest BCUT2D eigenvalue weighted by Crippen LogP contribution is -2.38. The monoisotopic (exact) mass is 271 g/mol. The van der Waals surface area contributed by atoms with E-state index in [0.717, 1.165) is 30.4 Å². The maximum absolute atomic E-state index is 12.8. The van der Waals surface area contributed by atoms with Crippen LogP contribution in [0.25, 0.3) is 0 Å². The maximum Gasteiger partial charge on any atom is 0.280 e. The Kier molecular flexibility index (Phi) is 4.50. The van der Waals surface area contributed by atoms with E-state index in [0.29, 0.717) is 5.69 Å². The zero-order valence-electron chi connectivity index (χ0n) is 11.0. The molecule has 0 spiro atoms. The van der Waals surface area contributed by atoms with E-state index < -0.39 is 6.43 Å². The number of amides is 1. The Morgan fingerprint density at radius 2 is 2.16 bits per heavy atom. The molecule has 0 aliphatic heterocycles. The molecule has 0 unspecified atom stereocenters. The number of rotatable bonds is 4. The fourth-order valence-electron chi connectivity index (χ4n) is 2.52. The summed E-state index contributed by atoms with van der Waals surface area (Å²) in [4.78, 5) is 11.8. The minimum absolute atomic E-state index is 0.135. The number of carbonyl (C=O) groups is 1. The summed E-state index contributed by atoms with van der Waals surface area (Å²) in [6, 6.07) is 1.51. The molecule has 4 nitrogen and oxygen atoms in total. The second kappa shape index (κ2) is 6.12. The first-order valence-corrected chi connectivity index (χ1v) is 6.68. The summed E-state index contributed by atoms with van der Waals surface area (Å²) >= 11 is 0. The van der Waals surface area contributed by atoms with Crippen molar-refractivity contribution in [2.45, 2.75) is 58.0 Å². The molecule has 2 rings (SSSR count). The van der Waals surface area contributed by atoms with Crippen molar-refractivity contribution in [1.82, 2.24) is 15.1 Å². The second-order valence-corrected chi connectivity index (χ2v) is 5.07. The average Bonchev–Trinajstić information content (AvgIpc) is 2.71. The van der Waals surface area contributed by atoms with Crippen molar-refractivity contribution >= 4 is 5.91 Å². The van der Waals surface area contributed by atoms with E-state index >= 15 is 0 Å². The van der Waals surface area contributed by atoms with Gasteiger partial charge in [-0.15, -0.1) is 0 Å². The van der Waals surface area contributed by atoms with Crippen molar-refractivity contribution in [3.05, 3.63) is 17.5 Å². The van der Waals surface area contributed by atoms with Crippen LogP contribution in [0, 0.1) is 6.92 Å². The topological polar surface area (TPSA) is 46.9 Å². The van der Waals surface area contributed by atoms with Gasteiger partial charge in [-0.1, -0.05) is 19.3 Å². The zero-order chi connectivity index (χ0) is 13.8. The van der Waals surface area contributed by atoms with Crippen LogP contribution in [0.4, 0.5) is 8.78 Å². The zero-order valence-corrected chi connectivity index (χ0v) is 11.0. The first kappa shape index (κ1) is 14.0. The van der Waals surface area contributed by atoms with Gasteiger partial charge in [0.25, 0.3) is 6.43 Å². The third-order valence-electron chi connectivity index (χ3n) is 3.42. The van der Waals surface area contributed by atoms with E-state index in [-0.39, 0.29) is 24.2 Å². The fourth-order valence-corrected chi connectivity index (χ4v) is 2.52. The van der Waals surface area contributed by atoms with E-state index in [1.807, 2.05) is 0 Å². The number of halogens is 2.